The van der Waals surface area contributed by atoms with Crippen LogP contribution in [0, 0.1) is 0 Å². The Kier molecular flexibility index (Phi) is 5.32. The van der Waals surface area contributed by atoms with E-state index < -0.39 is 0 Å². The van der Waals surface area contributed by atoms with Gasteiger partial charge in [-0.05, 0) is 31.1 Å². The van der Waals surface area contributed by atoms with Crippen LogP contribution in [0.2, 0.25) is 0 Å². The number of ether oxygens (including phenoxy) is 1. The summed E-state index contributed by atoms with van der Waals surface area (Å²) in [5.41, 5.74) is 1.14. The zero-order chi connectivity index (χ0) is 12.8. The van der Waals surface area contributed by atoms with Gasteiger partial charge in [-0.1, -0.05) is 13.0 Å². The first-order valence-electron chi connectivity index (χ1n) is 6.66. The van der Waals surface area contributed by atoms with Crippen molar-refractivity contribution in [3.8, 4) is 5.88 Å². The number of aromatic nitrogens is 1. The summed E-state index contributed by atoms with van der Waals surface area (Å²) in [7, 11) is 1.68. The SMILES string of the molecule is CCSC1CCC(NCc2cccnc2OC)C1. The summed E-state index contributed by atoms with van der Waals surface area (Å²) in [6, 6.07) is 4.69. The van der Waals surface area contributed by atoms with E-state index in [4.69, 9.17) is 4.74 Å². The van der Waals surface area contributed by atoms with Gasteiger partial charge >= 0.3 is 0 Å². The predicted octanol–water partition coefficient (Wildman–Crippen LogP) is 2.85. The molecule has 0 amide bonds. The van der Waals surface area contributed by atoms with Gasteiger partial charge in [-0.2, -0.15) is 11.8 Å². The second-order valence-corrected chi connectivity index (χ2v) is 6.22. The highest BCUT2D eigenvalue weighted by atomic mass is 32.2. The average Bonchev–Trinajstić information content (AvgIpc) is 2.85. The predicted molar refractivity (Wildman–Crippen MR) is 77.2 cm³/mol. The van der Waals surface area contributed by atoms with E-state index in [1.807, 2.05) is 6.07 Å². The number of hydrogen-bond donors (Lipinski definition) is 1. The Morgan fingerprint density at radius 2 is 2.39 bits per heavy atom. The van der Waals surface area contributed by atoms with Gasteiger partial charge in [0.05, 0.1) is 7.11 Å². The van der Waals surface area contributed by atoms with E-state index in [-0.39, 0.29) is 0 Å². The molecule has 0 spiro atoms. The lowest BCUT2D eigenvalue weighted by molar-refractivity contribution is 0.388. The monoisotopic (exact) mass is 266 g/mol. The van der Waals surface area contributed by atoms with Crippen LogP contribution in [-0.2, 0) is 6.54 Å². The summed E-state index contributed by atoms with van der Waals surface area (Å²) < 4.78 is 5.26. The fraction of sp³-hybridized carbons (Fsp3) is 0.643. The fourth-order valence-corrected chi connectivity index (χ4v) is 3.65. The number of thioether (sulfide) groups is 1. The van der Waals surface area contributed by atoms with E-state index in [2.05, 4.69) is 35.1 Å². The molecule has 1 heterocycles. The number of methoxy groups -OCH3 is 1. The van der Waals surface area contributed by atoms with Gasteiger partial charge in [-0.25, -0.2) is 4.98 Å². The molecule has 0 saturated heterocycles. The zero-order valence-corrected chi connectivity index (χ0v) is 12.0. The van der Waals surface area contributed by atoms with E-state index >= 15 is 0 Å². The minimum absolute atomic E-state index is 0.652. The van der Waals surface area contributed by atoms with Crippen molar-refractivity contribution in [3.63, 3.8) is 0 Å². The first-order chi connectivity index (χ1) is 8.83. The molecule has 1 N–H and O–H groups in total. The van der Waals surface area contributed by atoms with Crippen molar-refractivity contribution < 1.29 is 4.74 Å². The fourth-order valence-electron chi connectivity index (χ4n) is 2.51. The van der Waals surface area contributed by atoms with Crippen molar-refractivity contribution in [1.82, 2.24) is 10.3 Å². The Balaban J connectivity index is 1.81. The number of pyridine rings is 1. The van der Waals surface area contributed by atoms with Crippen LogP contribution >= 0.6 is 11.8 Å². The third-order valence-electron chi connectivity index (χ3n) is 3.41. The molecule has 1 aliphatic carbocycles. The van der Waals surface area contributed by atoms with E-state index in [1.165, 1.54) is 25.0 Å². The summed E-state index contributed by atoms with van der Waals surface area (Å²) in [6.45, 7) is 3.09. The van der Waals surface area contributed by atoms with Gasteiger partial charge in [0.25, 0.3) is 0 Å². The van der Waals surface area contributed by atoms with Crippen molar-refractivity contribution in [2.24, 2.45) is 0 Å². The molecule has 1 aliphatic rings. The lowest BCUT2D eigenvalue weighted by atomic mass is 10.2. The summed E-state index contributed by atoms with van der Waals surface area (Å²) in [6.07, 6.45) is 5.70. The van der Waals surface area contributed by atoms with E-state index in [1.54, 1.807) is 13.3 Å². The normalized spacial score (nSPS) is 23.2. The average molecular weight is 266 g/mol. The molecule has 0 aliphatic heterocycles. The third kappa shape index (κ3) is 3.62. The first kappa shape index (κ1) is 13.7. The summed E-state index contributed by atoms with van der Waals surface area (Å²) in [4.78, 5) is 4.22. The third-order valence-corrected chi connectivity index (χ3v) is 4.64. The Labute approximate surface area is 114 Å². The standard InChI is InChI=1S/C14H22N2OS/c1-3-18-13-7-6-12(9-13)16-10-11-5-4-8-15-14(11)17-2/h4-5,8,12-13,16H,3,6-7,9-10H2,1-2H3. The zero-order valence-electron chi connectivity index (χ0n) is 11.2. The molecule has 2 unspecified atom stereocenters. The molecular formula is C14H22N2OS. The number of nitrogens with zero attached hydrogens (tertiary/aromatic N) is 1. The Hall–Kier alpha value is -0.740. The molecule has 1 fully saturated rings. The summed E-state index contributed by atoms with van der Waals surface area (Å²) in [5, 5.41) is 4.48. The maximum Gasteiger partial charge on any atom is 0.217 e. The van der Waals surface area contributed by atoms with Crippen LogP contribution in [0.3, 0.4) is 0 Å². The van der Waals surface area contributed by atoms with Crippen molar-refractivity contribution in [2.45, 2.75) is 44.0 Å². The first-order valence-corrected chi connectivity index (χ1v) is 7.71. The Morgan fingerprint density at radius 1 is 1.50 bits per heavy atom. The van der Waals surface area contributed by atoms with Gasteiger partial charge in [0.2, 0.25) is 5.88 Å². The molecule has 2 rings (SSSR count). The van der Waals surface area contributed by atoms with Crippen LogP contribution in [0.4, 0.5) is 0 Å². The van der Waals surface area contributed by atoms with E-state index in [9.17, 15) is 0 Å². The van der Waals surface area contributed by atoms with Crippen molar-refractivity contribution >= 4 is 11.8 Å². The van der Waals surface area contributed by atoms with E-state index in [0.717, 1.165) is 23.2 Å². The molecule has 18 heavy (non-hydrogen) atoms. The van der Waals surface area contributed by atoms with Gasteiger partial charge < -0.3 is 10.1 Å². The Bertz CT molecular complexity index is 373. The van der Waals surface area contributed by atoms with Crippen LogP contribution in [0.15, 0.2) is 18.3 Å². The maximum absolute atomic E-state index is 5.26. The lowest BCUT2D eigenvalue weighted by Gasteiger charge is -2.14. The van der Waals surface area contributed by atoms with Crippen LogP contribution in [0.25, 0.3) is 0 Å². The summed E-state index contributed by atoms with van der Waals surface area (Å²) >= 11 is 2.09. The summed E-state index contributed by atoms with van der Waals surface area (Å²) in [5.74, 6) is 1.97. The minimum Gasteiger partial charge on any atom is -0.481 e. The minimum atomic E-state index is 0.652. The van der Waals surface area contributed by atoms with Crippen molar-refractivity contribution in [3.05, 3.63) is 23.9 Å². The second-order valence-electron chi connectivity index (χ2n) is 4.64. The van der Waals surface area contributed by atoms with Gasteiger partial charge in [0, 0.05) is 29.6 Å². The molecular weight excluding hydrogens is 244 g/mol. The van der Waals surface area contributed by atoms with E-state index in [0.29, 0.717) is 6.04 Å². The van der Waals surface area contributed by atoms with Crippen LogP contribution in [-0.4, -0.2) is 29.1 Å². The highest BCUT2D eigenvalue weighted by molar-refractivity contribution is 7.99. The van der Waals surface area contributed by atoms with Crippen LogP contribution < -0.4 is 10.1 Å². The van der Waals surface area contributed by atoms with Crippen LogP contribution in [0.5, 0.6) is 5.88 Å². The largest absolute Gasteiger partial charge is 0.481 e. The Morgan fingerprint density at radius 3 is 3.17 bits per heavy atom. The van der Waals surface area contributed by atoms with Crippen molar-refractivity contribution in [1.29, 1.82) is 0 Å². The van der Waals surface area contributed by atoms with Gasteiger partial charge in [-0.3, -0.25) is 0 Å². The highest BCUT2D eigenvalue weighted by Crippen LogP contribution is 2.30. The second kappa shape index (κ2) is 7.00. The molecule has 100 valence electrons. The smallest absolute Gasteiger partial charge is 0.217 e. The lowest BCUT2D eigenvalue weighted by Crippen LogP contribution is -2.26. The molecule has 0 bridgehead atoms. The molecule has 1 aromatic heterocycles. The van der Waals surface area contributed by atoms with Gasteiger partial charge in [0.1, 0.15) is 0 Å². The highest BCUT2D eigenvalue weighted by Gasteiger charge is 2.24. The molecule has 4 heteroatoms. The molecule has 1 saturated carbocycles. The quantitative estimate of drug-likeness (QED) is 0.858. The van der Waals surface area contributed by atoms with Gasteiger partial charge in [0.15, 0.2) is 0 Å². The molecule has 0 aromatic carbocycles. The molecule has 1 aromatic rings. The maximum atomic E-state index is 5.26. The number of nitrogens with one attached hydrogen (secondary N) is 1. The van der Waals surface area contributed by atoms with Crippen molar-refractivity contribution in [2.75, 3.05) is 12.9 Å². The molecule has 3 nitrogen and oxygen atoms in total. The number of hydrogen-bond acceptors (Lipinski definition) is 4. The van der Waals surface area contributed by atoms with Gasteiger partial charge in [-0.15, -0.1) is 0 Å². The number of rotatable bonds is 6. The van der Waals surface area contributed by atoms with Crippen LogP contribution in [0.1, 0.15) is 31.7 Å². The topological polar surface area (TPSA) is 34.2 Å². The molecule has 0 radical (unpaired) electrons. The molecule has 2 atom stereocenters.